The number of amidine groups is 1. The summed E-state index contributed by atoms with van der Waals surface area (Å²) in [7, 11) is 1.48. The molecule has 30 heavy (non-hydrogen) atoms. The number of amides is 1. The lowest BCUT2D eigenvalue weighted by atomic mass is 10.1. The summed E-state index contributed by atoms with van der Waals surface area (Å²) in [5, 5.41) is 12.5. The number of aryl methyl sites for hydroxylation is 1. The van der Waals surface area contributed by atoms with Gasteiger partial charge in [0, 0.05) is 0 Å². The normalized spacial score (nSPS) is 17.1. The van der Waals surface area contributed by atoms with Gasteiger partial charge < -0.3 is 19.9 Å². The number of thioether (sulfide) groups is 1. The Bertz CT molecular complexity index is 1030. The van der Waals surface area contributed by atoms with E-state index in [0.29, 0.717) is 28.0 Å². The average molecular weight is 426 g/mol. The van der Waals surface area contributed by atoms with Crippen molar-refractivity contribution >= 4 is 40.6 Å². The van der Waals surface area contributed by atoms with Crippen LogP contribution in [0.2, 0.25) is 0 Å². The molecule has 0 bridgehead atoms. The van der Waals surface area contributed by atoms with Gasteiger partial charge in [-0.15, -0.1) is 0 Å². The van der Waals surface area contributed by atoms with Crippen LogP contribution in [-0.2, 0) is 9.59 Å². The van der Waals surface area contributed by atoms with E-state index in [9.17, 15) is 14.7 Å². The maximum atomic E-state index is 12.3. The molecule has 0 aromatic heterocycles. The van der Waals surface area contributed by atoms with Crippen LogP contribution < -0.4 is 14.8 Å². The van der Waals surface area contributed by atoms with Crippen molar-refractivity contribution in [2.45, 2.75) is 26.4 Å². The van der Waals surface area contributed by atoms with E-state index in [1.807, 2.05) is 31.2 Å². The van der Waals surface area contributed by atoms with Crippen molar-refractivity contribution in [3.8, 4) is 11.5 Å². The number of hydrogen-bond acceptors (Lipinski definition) is 6. The number of aliphatic carboxylic acids is 1. The van der Waals surface area contributed by atoms with Crippen molar-refractivity contribution in [1.29, 1.82) is 0 Å². The molecule has 1 aliphatic heterocycles. The van der Waals surface area contributed by atoms with Crippen LogP contribution in [0.3, 0.4) is 0 Å². The van der Waals surface area contributed by atoms with Crippen molar-refractivity contribution in [2.75, 3.05) is 7.11 Å². The van der Waals surface area contributed by atoms with Crippen molar-refractivity contribution in [2.24, 2.45) is 4.99 Å². The molecule has 1 heterocycles. The minimum Gasteiger partial charge on any atom is -0.493 e. The van der Waals surface area contributed by atoms with E-state index in [1.165, 1.54) is 18.9 Å². The Morgan fingerprint density at radius 1 is 1.27 bits per heavy atom. The maximum absolute atomic E-state index is 12.3. The quantitative estimate of drug-likeness (QED) is 0.646. The molecule has 2 N–H and O–H groups in total. The van der Waals surface area contributed by atoms with E-state index >= 15 is 0 Å². The molecular weight excluding hydrogens is 404 g/mol. The Labute approximate surface area is 178 Å². The van der Waals surface area contributed by atoms with E-state index in [2.05, 4.69) is 10.3 Å². The third kappa shape index (κ3) is 5.21. The fourth-order valence-corrected chi connectivity index (χ4v) is 3.62. The number of methoxy groups -OCH3 is 1. The molecule has 1 saturated heterocycles. The molecule has 156 valence electrons. The zero-order valence-corrected chi connectivity index (χ0v) is 17.7. The van der Waals surface area contributed by atoms with Crippen molar-refractivity contribution in [3.05, 3.63) is 58.5 Å². The lowest BCUT2D eigenvalue weighted by Gasteiger charge is -2.16. The molecule has 0 spiro atoms. The Morgan fingerprint density at radius 2 is 2.07 bits per heavy atom. The number of carboxylic acid groups (broad SMARTS) is 1. The van der Waals surface area contributed by atoms with Crippen LogP contribution in [0.4, 0.5) is 5.69 Å². The molecule has 1 amide bonds. The number of rotatable bonds is 7. The highest BCUT2D eigenvalue weighted by Gasteiger charge is 2.24. The summed E-state index contributed by atoms with van der Waals surface area (Å²) in [6.45, 7) is 3.71. The van der Waals surface area contributed by atoms with Crippen LogP contribution in [0.25, 0.3) is 6.08 Å². The summed E-state index contributed by atoms with van der Waals surface area (Å²) in [6, 6.07) is 12.8. The van der Waals surface area contributed by atoms with Gasteiger partial charge in [0.25, 0.3) is 5.91 Å². The van der Waals surface area contributed by atoms with Gasteiger partial charge in [-0.1, -0.05) is 25.1 Å². The first kappa shape index (κ1) is 21.4. The van der Waals surface area contributed by atoms with Crippen LogP contribution in [0.15, 0.2) is 52.4 Å². The molecule has 3 rings (SSSR count). The second-order valence-electron chi connectivity index (χ2n) is 6.58. The number of carboxylic acids is 1. The summed E-state index contributed by atoms with van der Waals surface area (Å²) in [5.74, 6) is -0.548. The standard InChI is InChI=1S/C22H22N2O5S/c1-4-16(21(26)27)29-17-9-8-14(11-18(17)28-3)12-19-20(25)24-22(30-19)23-15-7-5-6-13(2)10-15/h5-12,16H,4H2,1-3H3,(H,26,27)(H,23,24,25)/b19-12+. The molecule has 0 radical (unpaired) electrons. The molecule has 1 unspecified atom stereocenters. The molecule has 8 heteroatoms. The van der Waals surface area contributed by atoms with E-state index in [0.717, 1.165) is 16.8 Å². The number of hydrogen-bond donors (Lipinski definition) is 2. The van der Waals surface area contributed by atoms with E-state index in [1.54, 1.807) is 31.2 Å². The van der Waals surface area contributed by atoms with Gasteiger partial charge in [-0.2, -0.15) is 0 Å². The summed E-state index contributed by atoms with van der Waals surface area (Å²) in [5.41, 5.74) is 2.58. The van der Waals surface area contributed by atoms with Crippen molar-refractivity contribution in [1.82, 2.24) is 5.32 Å². The number of aliphatic imine (C=N–C) groups is 1. The highest BCUT2D eigenvalue weighted by atomic mass is 32.2. The van der Waals surface area contributed by atoms with Gasteiger partial charge in [0.2, 0.25) is 0 Å². The Kier molecular flexibility index (Phi) is 6.79. The summed E-state index contributed by atoms with van der Waals surface area (Å²) in [6.07, 6.45) is 1.09. The monoisotopic (exact) mass is 426 g/mol. The van der Waals surface area contributed by atoms with E-state index in [-0.39, 0.29) is 5.91 Å². The number of nitrogens with zero attached hydrogens (tertiary/aromatic N) is 1. The van der Waals surface area contributed by atoms with Crippen LogP contribution >= 0.6 is 11.8 Å². The average Bonchev–Trinajstić information content (AvgIpc) is 3.05. The highest BCUT2D eigenvalue weighted by molar-refractivity contribution is 8.18. The minimum atomic E-state index is -1.04. The van der Waals surface area contributed by atoms with Gasteiger partial charge in [-0.3, -0.25) is 4.79 Å². The third-order valence-electron chi connectivity index (χ3n) is 4.28. The van der Waals surface area contributed by atoms with Crippen LogP contribution in [0.1, 0.15) is 24.5 Å². The molecule has 7 nitrogen and oxygen atoms in total. The number of benzene rings is 2. The highest BCUT2D eigenvalue weighted by Crippen LogP contribution is 2.33. The topological polar surface area (TPSA) is 97.2 Å². The van der Waals surface area contributed by atoms with Crippen molar-refractivity contribution < 1.29 is 24.2 Å². The lowest BCUT2D eigenvalue weighted by molar-refractivity contribution is -0.145. The largest absolute Gasteiger partial charge is 0.493 e. The molecule has 0 aliphatic carbocycles. The number of carbonyl (C=O) groups is 2. The van der Waals surface area contributed by atoms with Crippen LogP contribution in [-0.4, -0.2) is 35.4 Å². The summed E-state index contributed by atoms with van der Waals surface area (Å²) >= 11 is 1.25. The van der Waals surface area contributed by atoms with Gasteiger partial charge in [0.15, 0.2) is 22.8 Å². The smallest absolute Gasteiger partial charge is 0.344 e. The number of carbonyl (C=O) groups excluding carboxylic acids is 1. The first-order chi connectivity index (χ1) is 14.4. The van der Waals surface area contributed by atoms with Gasteiger partial charge in [-0.05, 0) is 66.6 Å². The molecular formula is C22H22N2O5S. The summed E-state index contributed by atoms with van der Waals surface area (Å²) < 4.78 is 10.9. The van der Waals surface area contributed by atoms with Crippen LogP contribution in [0, 0.1) is 6.92 Å². The molecule has 2 aromatic carbocycles. The third-order valence-corrected chi connectivity index (χ3v) is 5.19. The molecule has 0 saturated carbocycles. The molecule has 2 aromatic rings. The van der Waals surface area contributed by atoms with E-state index in [4.69, 9.17) is 9.47 Å². The molecule has 1 atom stereocenters. The minimum absolute atomic E-state index is 0.234. The Morgan fingerprint density at radius 3 is 2.73 bits per heavy atom. The van der Waals surface area contributed by atoms with Crippen molar-refractivity contribution in [3.63, 3.8) is 0 Å². The zero-order chi connectivity index (χ0) is 21.7. The van der Waals surface area contributed by atoms with Crippen LogP contribution in [0.5, 0.6) is 11.5 Å². The lowest BCUT2D eigenvalue weighted by Crippen LogP contribution is -2.26. The Balaban J connectivity index is 1.80. The molecule has 1 fully saturated rings. The van der Waals surface area contributed by atoms with Gasteiger partial charge in [0.05, 0.1) is 17.7 Å². The fraction of sp³-hybridized carbons (Fsp3) is 0.227. The van der Waals surface area contributed by atoms with Gasteiger partial charge in [-0.25, -0.2) is 9.79 Å². The fourth-order valence-electron chi connectivity index (χ4n) is 2.78. The summed E-state index contributed by atoms with van der Waals surface area (Å²) in [4.78, 5) is 28.5. The first-order valence-corrected chi connectivity index (χ1v) is 10.1. The second-order valence-corrected chi connectivity index (χ2v) is 7.61. The Hall–Kier alpha value is -3.26. The van der Waals surface area contributed by atoms with E-state index < -0.39 is 12.1 Å². The predicted molar refractivity (Wildman–Crippen MR) is 117 cm³/mol. The SMILES string of the molecule is CCC(Oc1ccc(/C=C2/SC(=Nc3cccc(C)c3)NC2=O)cc1OC)C(=O)O. The zero-order valence-electron chi connectivity index (χ0n) is 16.8. The number of nitrogens with one attached hydrogen (secondary N) is 1. The molecule has 1 aliphatic rings. The maximum Gasteiger partial charge on any atom is 0.344 e. The van der Waals surface area contributed by atoms with Gasteiger partial charge >= 0.3 is 5.97 Å². The first-order valence-electron chi connectivity index (χ1n) is 9.33. The second kappa shape index (κ2) is 9.49. The predicted octanol–water partition coefficient (Wildman–Crippen LogP) is 4.14. The number of ether oxygens (including phenoxy) is 2. The van der Waals surface area contributed by atoms with Gasteiger partial charge in [0.1, 0.15) is 0 Å².